The van der Waals surface area contributed by atoms with Crippen LogP contribution < -0.4 is 5.32 Å². The smallest absolute Gasteiger partial charge is 0.251 e. The molecule has 1 heterocycles. The third-order valence-electron chi connectivity index (χ3n) is 1.35. The molecule has 1 rings (SSSR count). The number of carbonyl (C=O) groups is 1. The van der Waals surface area contributed by atoms with Crippen LogP contribution in [0.2, 0.25) is 0 Å². The molecule has 0 aromatic heterocycles. The lowest BCUT2D eigenvalue weighted by Crippen LogP contribution is -2.41. The van der Waals surface area contributed by atoms with E-state index >= 15 is 0 Å². The fraction of sp³-hybridized carbons (Fsp3) is 0.833. The van der Waals surface area contributed by atoms with Gasteiger partial charge in [0.1, 0.15) is 0 Å². The Morgan fingerprint density at radius 2 is 2.40 bits per heavy atom. The van der Waals surface area contributed by atoms with E-state index in [0.717, 1.165) is 0 Å². The summed E-state index contributed by atoms with van der Waals surface area (Å²) in [6.45, 7) is 1.48. The number of likely N-dealkylation sites (N-methyl/N-ethyl adjacent to an activating group) is 1. The van der Waals surface area contributed by atoms with Gasteiger partial charge in [-0.3, -0.25) is 4.79 Å². The molecule has 58 valence electrons. The summed E-state index contributed by atoms with van der Waals surface area (Å²) in [5.74, 6) is -0.111. The predicted octanol–water partition coefficient (Wildman–Crippen LogP) is -0.852. The van der Waals surface area contributed by atoms with E-state index in [1.54, 1.807) is 7.05 Å². The highest BCUT2D eigenvalue weighted by Crippen LogP contribution is 1.99. The highest BCUT2D eigenvalue weighted by atomic mass is 16.6. The lowest BCUT2D eigenvalue weighted by Gasteiger charge is -2.20. The van der Waals surface area contributed by atoms with E-state index in [2.05, 4.69) is 5.32 Å². The van der Waals surface area contributed by atoms with Crippen molar-refractivity contribution in [3.63, 3.8) is 0 Å². The fourth-order valence-corrected chi connectivity index (χ4v) is 0.800. The van der Waals surface area contributed by atoms with Gasteiger partial charge in [-0.1, -0.05) is 0 Å². The van der Waals surface area contributed by atoms with Gasteiger partial charge in [0.2, 0.25) is 0 Å². The number of nitrogens with one attached hydrogen (secondary N) is 1. The third kappa shape index (κ3) is 1.68. The van der Waals surface area contributed by atoms with Gasteiger partial charge in [-0.15, -0.1) is 0 Å². The molecule has 0 aliphatic carbocycles. The number of ether oxygens (including phenoxy) is 2. The number of rotatable bonds is 1. The second-order valence-electron chi connectivity index (χ2n) is 2.05. The molecule has 1 aliphatic rings. The highest BCUT2D eigenvalue weighted by Gasteiger charge is 2.20. The van der Waals surface area contributed by atoms with Crippen molar-refractivity contribution < 1.29 is 14.3 Å². The summed E-state index contributed by atoms with van der Waals surface area (Å²) in [5, 5.41) is 2.49. The molecular formula is C6H11NO3. The molecule has 1 atom stereocenters. The van der Waals surface area contributed by atoms with Crippen LogP contribution in [0, 0.1) is 0 Å². The normalized spacial score (nSPS) is 25.9. The van der Waals surface area contributed by atoms with Crippen LogP contribution in [0.5, 0.6) is 0 Å². The van der Waals surface area contributed by atoms with Crippen LogP contribution in [0.3, 0.4) is 0 Å². The summed E-state index contributed by atoms with van der Waals surface area (Å²) in [4.78, 5) is 10.9. The first-order valence-electron chi connectivity index (χ1n) is 3.25. The largest absolute Gasteiger partial charge is 0.376 e. The summed E-state index contributed by atoms with van der Waals surface area (Å²) >= 11 is 0. The average molecular weight is 145 g/mol. The van der Waals surface area contributed by atoms with Gasteiger partial charge >= 0.3 is 0 Å². The standard InChI is InChI=1S/C6H11NO3/c1-7-6(8)5-4-9-2-3-10-5/h5H,2-4H2,1H3,(H,7,8)/t5-/m1/s1. The number of carbonyl (C=O) groups excluding carboxylic acids is 1. The van der Waals surface area contributed by atoms with Crippen molar-refractivity contribution in [3.05, 3.63) is 0 Å². The Bertz CT molecular complexity index is 120. The molecule has 0 bridgehead atoms. The zero-order chi connectivity index (χ0) is 7.40. The zero-order valence-electron chi connectivity index (χ0n) is 5.92. The van der Waals surface area contributed by atoms with Crippen LogP contribution in [0.4, 0.5) is 0 Å². The molecule has 0 radical (unpaired) electrons. The van der Waals surface area contributed by atoms with Crippen molar-refractivity contribution in [3.8, 4) is 0 Å². The first kappa shape index (κ1) is 7.50. The molecule has 0 aromatic rings. The Morgan fingerprint density at radius 1 is 1.60 bits per heavy atom. The molecule has 0 saturated carbocycles. The van der Waals surface area contributed by atoms with E-state index in [4.69, 9.17) is 9.47 Å². The molecule has 1 amide bonds. The fourth-order valence-electron chi connectivity index (χ4n) is 0.800. The Labute approximate surface area is 59.5 Å². The van der Waals surface area contributed by atoms with Gasteiger partial charge in [-0.2, -0.15) is 0 Å². The molecule has 1 aliphatic heterocycles. The van der Waals surface area contributed by atoms with Gasteiger partial charge < -0.3 is 14.8 Å². The second-order valence-corrected chi connectivity index (χ2v) is 2.05. The van der Waals surface area contributed by atoms with E-state index in [1.165, 1.54) is 0 Å². The summed E-state index contributed by atoms with van der Waals surface area (Å²) in [6, 6.07) is 0. The molecule has 10 heavy (non-hydrogen) atoms. The zero-order valence-corrected chi connectivity index (χ0v) is 5.92. The summed E-state index contributed by atoms with van der Waals surface area (Å²) in [6.07, 6.45) is -0.404. The van der Waals surface area contributed by atoms with E-state index in [1.807, 2.05) is 0 Å². The molecule has 1 N–H and O–H groups in total. The molecule has 0 aromatic carbocycles. The summed E-state index contributed by atoms with van der Waals surface area (Å²) < 4.78 is 10.1. The SMILES string of the molecule is CNC(=O)[C@H]1COCCO1. The van der Waals surface area contributed by atoms with Crippen LogP contribution in [-0.4, -0.2) is 38.9 Å². The lowest BCUT2D eigenvalue weighted by atomic mass is 10.3. The third-order valence-corrected chi connectivity index (χ3v) is 1.35. The van der Waals surface area contributed by atoms with Crippen LogP contribution in [0.25, 0.3) is 0 Å². The maximum absolute atomic E-state index is 10.9. The Morgan fingerprint density at radius 3 is 2.90 bits per heavy atom. The van der Waals surface area contributed by atoms with Gasteiger partial charge in [-0.05, 0) is 0 Å². The average Bonchev–Trinajstić information content (AvgIpc) is 2.05. The van der Waals surface area contributed by atoms with Gasteiger partial charge in [-0.25, -0.2) is 0 Å². The summed E-state index contributed by atoms with van der Waals surface area (Å²) in [7, 11) is 1.58. The van der Waals surface area contributed by atoms with Gasteiger partial charge in [0.05, 0.1) is 19.8 Å². The minimum atomic E-state index is -0.404. The molecular weight excluding hydrogens is 134 g/mol. The van der Waals surface area contributed by atoms with Crippen molar-refractivity contribution in [1.29, 1.82) is 0 Å². The van der Waals surface area contributed by atoms with Crippen LogP contribution in [-0.2, 0) is 14.3 Å². The minimum absolute atomic E-state index is 0.111. The molecule has 0 unspecified atom stereocenters. The molecule has 1 fully saturated rings. The highest BCUT2D eigenvalue weighted by molar-refractivity contribution is 5.80. The van der Waals surface area contributed by atoms with E-state index in [-0.39, 0.29) is 5.91 Å². The van der Waals surface area contributed by atoms with Crippen LogP contribution in [0.1, 0.15) is 0 Å². The summed E-state index contributed by atoms with van der Waals surface area (Å²) in [5.41, 5.74) is 0. The first-order valence-corrected chi connectivity index (χ1v) is 3.25. The van der Waals surface area contributed by atoms with Crippen molar-refractivity contribution in [2.75, 3.05) is 26.9 Å². The number of hydrogen-bond acceptors (Lipinski definition) is 3. The maximum atomic E-state index is 10.9. The Balaban J connectivity index is 2.31. The Hall–Kier alpha value is -0.610. The number of amides is 1. The predicted molar refractivity (Wildman–Crippen MR) is 34.6 cm³/mol. The van der Waals surface area contributed by atoms with Crippen molar-refractivity contribution in [1.82, 2.24) is 5.32 Å². The molecule has 1 saturated heterocycles. The Kier molecular flexibility index (Phi) is 2.65. The van der Waals surface area contributed by atoms with Crippen molar-refractivity contribution >= 4 is 5.91 Å². The molecule has 0 spiro atoms. The van der Waals surface area contributed by atoms with Gasteiger partial charge in [0.15, 0.2) is 6.10 Å². The van der Waals surface area contributed by atoms with Crippen molar-refractivity contribution in [2.24, 2.45) is 0 Å². The number of hydrogen-bond donors (Lipinski definition) is 1. The molecule has 4 nitrogen and oxygen atoms in total. The quantitative estimate of drug-likeness (QED) is 0.522. The minimum Gasteiger partial charge on any atom is -0.376 e. The first-order chi connectivity index (χ1) is 4.84. The van der Waals surface area contributed by atoms with E-state index < -0.39 is 6.10 Å². The van der Waals surface area contributed by atoms with Crippen LogP contribution >= 0.6 is 0 Å². The van der Waals surface area contributed by atoms with E-state index in [9.17, 15) is 4.79 Å². The van der Waals surface area contributed by atoms with E-state index in [0.29, 0.717) is 19.8 Å². The maximum Gasteiger partial charge on any atom is 0.251 e. The molecule has 4 heteroatoms. The van der Waals surface area contributed by atoms with Crippen molar-refractivity contribution in [2.45, 2.75) is 6.10 Å². The topological polar surface area (TPSA) is 47.6 Å². The van der Waals surface area contributed by atoms with Gasteiger partial charge in [0, 0.05) is 7.05 Å². The lowest BCUT2D eigenvalue weighted by molar-refractivity contribution is -0.146. The monoisotopic (exact) mass is 145 g/mol. The van der Waals surface area contributed by atoms with Gasteiger partial charge in [0.25, 0.3) is 5.91 Å². The van der Waals surface area contributed by atoms with Crippen LogP contribution in [0.15, 0.2) is 0 Å². The second kappa shape index (κ2) is 3.53.